The lowest BCUT2D eigenvalue weighted by Gasteiger charge is -2.23. The third kappa shape index (κ3) is 4.49. The van der Waals surface area contributed by atoms with Gasteiger partial charge in [-0.3, -0.25) is 0 Å². The molecule has 0 amide bonds. The Labute approximate surface area is 121 Å². The van der Waals surface area contributed by atoms with Crippen molar-refractivity contribution in [2.24, 2.45) is 0 Å². The molecule has 0 spiro atoms. The Hall–Kier alpha value is -2.01. The predicted octanol–water partition coefficient (Wildman–Crippen LogP) is 1.88. The number of halogens is 6. The molecule has 1 heterocycles. The van der Waals surface area contributed by atoms with Crippen LogP contribution in [0.2, 0.25) is 0 Å². The highest BCUT2D eigenvalue weighted by atomic mass is 19.4. The van der Waals surface area contributed by atoms with Crippen LogP contribution in [0.5, 0.6) is 6.01 Å². The number of rotatable bonds is 4. The first kappa shape index (κ1) is 18.0. The van der Waals surface area contributed by atoms with Gasteiger partial charge in [-0.2, -0.15) is 41.3 Å². The molecule has 0 saturated heterocycles. The molecule has 22 heavy (non-hydrogen) atoms. The largest absolute Gasteiger partial charge is 0.440 e. The maximum absolute atomic E-state index is 12.5. The van der Waals surface area contributed by atoms with E-state index in [4.69, 9.17) is 0 Å². The lowest BCUT2D eigenvalue weighted by Crippen LogP contribution is -2.47. The van der Waals surface area contributed by atoms with Crippen LogP contribution in [-0.4, -0.2) is 61.6 Å². The smallest absolute Gasteiger partial charge is 0.434 e. The number of nitrogens with zero attached hydrogens (tertiary/aromatic N) is 5. The lowest BCUT2D eigenvalue weighted by molar-refractivity contribution is -0.301. The van der Waals surface area contributed by atoms with Crippen molar-refractivity contribution in [3.05, 3.63) is 0 Å². The Kier molecular flexibility index (Phi) is 4.92. The SMILES string of the molecule is CN(C)c1nc(OC(C(F)(F)F)C(F)(F)F)nc(N(C)C)n1. The minimum absolute atomic E-state index is 0.142. The molecule has 1 aromatic heterocycles. The zero-order chi connectivity index (χ0) is 17.3. The second-order valence-corrected chi connectivity index (χ2v) is 4.59. The van der Waals surface area contributed by atoms with Crippen molar-refractivity contribution in [3.63, 3.8) is 0 Å². The molecular weight excluding hydrogens is 320 g/mol. The van der Waals surface area contributed by atoms with Crippen molar-refractivity contribution in [1.29, 1.82) is 0 Å². The van der Waals surface area contributed by atoms with Crippen LogP contribution in [-0.2, 0) is 0 Å². The molecule has 6 nitrogen and oxygen atoms in total. The number of ether oxygens (including phenoxy) is 1. The Morgan fingerprint density at radius 1 is 0.773 bits per heavy atom. The summed E-state index contributed by atoms with van der Waals surface area (Å²) in [5.74, 6) is -0.284. The van der Waals surface area contributed by atoms with Gasteiger partial charge in [-0.15, -0.1) is 0 Å². The van der Waals surface area contributed by atoms with E-state index < -0.39 is 24.5 Å². The topological polar surface area (TPSA) is 54.4 Å². The van der Waals surface area contributed by atoms with E-state index in [2.05, 4.69) is 19.7 Å². The molecule has 12 heteroatoms. The van der Waals surface area contributed by atoms with Gasteiger partial charge in [-0.1, -0.05) is 0 Å². The second-order valence-electron chi connectivity index (χ2n) is 4.59. The first-order chi connectivity index (χ1) is 9.82. The van der Waals surface area contributed by atoms with Gasteiger partial charge in [0.15, 0.2) is 0 Å². The summed E-state index contributed by atoms with van der Waals surface area (Å²) in [5.41, 5.74) is 0. The van der Waals surface area contributed by atoms with Gasteiger partial charge in [0, 0.05) is 28.2 Å². The molecule has 1 aromatic rings. The van der Waals surface area contributed by atoms with E-state index in [0.29, 0.717) is 0 Å². The number of hydrogen-bond acceptors (Lipinski definition) is 6. The van der Waals surface area contributed by atoms with Gasteiger partial charge in [0.25, 0.3) is 6.10 Å². The van der Waals surface area contributed by atoms with Gasteiger partial charge in [0.05, 0.1) is 0 Å². The first-order valence-electron chi connectivity index (χ1n) is 5.73. The molecule has 0 bridgehead atoms. The zero-order valence-corrected chi connectivity index (χ0v) is 12.0. The minimum Gasteiger partial charge on any atom is -0.440 e. The summed E-state index contributed by atoms with van der Waals surface area (Å²) in [4.78, 5) is 13.3. The number of aromatic nitrogens is 3. The lowest BCUT2D eigenvalue weighted by atomic mass is 10.3. The molecule has 0 unspecified atom stereocenters. The quantitative estimate of drug-likeness (QED) is 0.784. The van der Waals surface area contributed by atoms with Gasteiger partial charge in [-0.05, 0) is 0 Å². The van der Waals surface area contributed by atoms with Gasteiger partial charge in [0.2, 0.25) is 11.9 Å². The van der Waals surface area contributed by atoms with Crippen LogP contribution in [0.1, 0.15) is 0 Å². The molecule has 0 aliphatic rings. The Bertz CT molecular complexity index is 475. The van der Waals surface area contributed by atoms with E-state index >= 15 is 0 Å². The zero-order valence-electron chi connectivity index (χ0n) is 12.0. The van der Waals surface area contributed by atoms with Crippen LogP contribution >= 0.6 is 0 Å². The highest BCUT2D eigenvalue weighted by Gasteiger charge is 2.59. The second kappa shape index (κ2) is 6.01. The maximum atomic E-state index is 12.5. The van der Waals surface area contributed by atoms with E-state index in [0.717, 1.165) is 0 Å². The molecule has 0 radical (unpaired) electrons. The van der Waals surface area contributed by atoms with E-state index in [1.54, 1.807) is 0 Å². The predicted molar refractivity (Wildman–Crippen MR) is 65.0 cm³/mol. The number of hydrogen-bond donors (Lipinski definition) is 0. The Morgan fingerprint density at radius 2 is 1.14 bits per heavy atom. The highest BCUT2D eigenvalue weighted by Crippen LogP contribution is 2.36. The van der Waals surface area contributed by atoms with Gasteiger partial charge in [-0.25, -0.2) is 0 Å². The molecule has 126 valence electrons. The van der Waals surface area contributed by atoms with Gasteiger partial charge < -0.3 is 14.5 Å². The summed E-state index contributed by atoms with van der Waals surface area (Å²) in [7, 11) is 5.85. The van der Waals surface area contributed by atoms with E-state index in [9.17, 15) is 26.3 Å². The van der Waals surface area contributed by atoms with Gasteiger partial charge >= 0.3 is 18.4 Å². The van der Waals surface area contributed by atoms with E-state index in [1.807, 2.05) is 0 Å². The van der Waals surface area contributed by atoms with Crippen LogP contribution in [0, 0.1) is 0 Å². The van der Waals surface area contributed by atoms with Crippen LogP contribution in [0.15, 0.2) is 0 Å². The molecular formula is C10H13F6N5O. The average molecular weight is 333 g/mol. The van der Waals surface area contributed by atoms with Crippen molar-refractivity contribution in [2.75, 3.05) is 38.0 Å². The van der Waals surface area contributed by atoms with E-state index in [1.165, 1.54) is 38.0 Å². The van der Waals surface area contributed by atoms with Crippen molar-refractivity contribution in [1.82, 2.24) is 15.0 Å². The fourth-order valence-corrected chi connectivity index (χ4v) is 1.21. The number of anilines is 2. The van der Waals surface area contributed by atoms with Gasteiger partial charge in [0.1, 0.15) is 0 Å². The third-order valence-corrected chi connectivity index (χ3v) is 2.21. The first-order valence-corrected chi connectivity index (χ1v) is 5.73. The Morgan fingerprint density at radius 3 is 1.41 bits per heavy atom. The molecule has 0 fully saturated rings. The molecule has 0 aromatic carbocycles. The van der Waals surface area contributed by atoms with Crippen molar-refractivity contribution >= 4 is 11.9 Å². The fraction of sp³-hybridized carbons (Fsp3) is 0.700. The summed E-state index contributed by atoms with van der Waals surface area (Å²) in [5, 5.41) is 0. The summed E-state index contributed by atoms with van der Waals surface area (Å²) in [6.45, 7) is 0. The Balaban J connectivity index is 3.25. The van der Waals surface area contributed by atoms with Crippen LogP contribution in [0.4, 0.5) is 38.2 Å². The molecule has 1 rings (SSSR count). The van der Waals surface area contributed by atoms with Crippen molar-refractivity contribution in [2.45, 2.75) is 18.5 Å². The summed E-state index contributed by atoms with van der Waals surface area (Å²) in [6, 6.07) is -1.07. The third-order valence-electron chi connectivity index (χ3n) is 2.21. The van der Waals surface area contributed by atoms with Crippen LogP contribution in [0.3, 0.4) is 0 Å². The van der Waals surface area contributed by atoms with Crippen molar-refractivity contribution < 1.29 is 31.1 Å². The van der Waals surface area contributed by atoms with E-state index in [-0.39, 0.29) is 11.9 Å². The summed E-state index contributed by atoms with van der Waals surface area (Å²) in [6.07, 6.45) is -15.3. The minimum atomic E-state index is -5.65. The summed E-state index contributed by atoms with van der Waals surface area (Å²) >= 11 is 0. The molecule has 0 N–H and O–H groups in total. The average Bonchev–Trinajstić information content (AvgIpc) is 2.32. The standard InChI is InChI=1S/C10H13F6N5O/c1-20(2)6-17-7(21(3)4)19-8(18-6)22-5(9(11,12)13)10(14,15)16/h5H,1-4H3. The highest BCUT2D eigenvalue weighted by molar-refractivity contribution is 5.38. The molecule has 0 atom stereocenters. The van der Waals surface area contributed by atoms with Crippen LogP contribution in [0.25, 0.3) is 0 Å². The summed E-state index contributed by atoms with van der Waals surface area (Å²) < 4.78 is 78.9. The molecule has 0 aliphatic heterocycles. The number of alkyl halides is 6. The molecule has 0 aliphatic carbocycles. The van der Waals surface area contributed by atoms with Crippen molar-refractivity contribution in [3.8, 4) is 6.01 Å². The molecule has 0 saturated carbocycles. The monoisotopic (exact) mass is 333 g/mol. The maximum Gasteiger partial charge on any atom is 0.434 e. The normalized spacial score (nSPS) is 12.5. The fourth-order valence-electron chi connectivity index (χ4n) is 1.21. The van der Waals surface area contributed by atoms with Crippen LogP contribution < -0.4 is 14.5 Å².